The first-order chi connectivity index (χ1) is 40.0. The molecule has 0 spiro atoms. The Labute approximate surface area is 503 Å². The van der Waals surface area contributed by atoms with Crippen molar-refractivity contribution in [3.05, 3.63) is 158 Å². The fraction of sp³-hybridized carbons (Fsp3) is 0.611. The smallest absolute Gasteiger partial charge is 0.306 e. The number of allylic oxidation sites excluding steroid dienone is 26. The van der Waals surface area contributed by atoms with Crippen molar-refractivity contribution >= 4 is 19.8 Å². The van der Waals surface area contributed by atoms with Crippen molar-refractivity contribution in [3.8, 4) is 0 Å². The Bertz CT molecular complexity index is 1940. The number of quaternary nitrogens is 1. The van der Waals surface area contributed by atoms with Crippen LogP contribution in [0.1, 0.15) is 232 Å². The van der Waals surface area contributed by atoms with Crippen molar-refractivity contribution in [1.29, 1.82) is 0 Å². The summed E-state index contributed by atoms with van der Waals surface area (Å²) < 4.78 is 34.2. The minimum absolute atomic E-state index is 0.0424. The third-order valence-corrected chi connectivity index (χ3v) is 14.0. The lowest BCUT2D eigenvalue weighted by atomic mass is 10.1. The van der Waals surface area contributed by atoms with E-state index in [0.29, 0.717) is 23.9 Å². The summed E-state index contributed by atoms with van der Waals surface area (Å²) in [6.07, 6.45) is 91.5. The second-order valence-electron chi connectivity index (χ2n) is 22.0. The number of phosphoric ester groups is 1. The highest BCUT2D eigenvalue weighted by Gasteiger charge is 2.22. The maximum atomic E-state index is 12.8. The molecule has 2 atom stereocenters. The zero-order valence-corrected chi connectivity index (χ0v) is 53.5. The van der Waals surface area contributed by atoms with Gasteiger partial charge in [0, 0.05) is 12.8 Å². The van der Waals surface area contributed by atoms with Gasteiger partial charge in [-0.05, 0) is 122 Å². The molecule has 0 saturated heterocycles. The minimum atomic E-state index is -4.66. The second kappa shape index (κ2) is 61.2. The molecule has 0 bridgehead atoms. The highest BCUT2D eigenvalue weighted by Crippen LogP contribution is 2.38. The number of esters is 2. The lowest BCUT2D eigenvalue weighted by Gasteiger charge is -2.28. The van der Waals surface area contributed by atoms with Crippen molar-refractivity contribution < 1.29 is 42.1 Å². The van der Waals surface area contributed by atoms with Gasteiger partial charge in [-0.15, -0.1) is 0 Å². The molecule has 0 aromatic heterocycles. The van der Waals surface area contributed by atoms with Crippen LogP contribution in [-0.4, -0.2) is 70.0 Å². The Hall–Kier alpha value is -4.37. The summed E-state index contributed by atoms with van der Waals surface area (Å²) >= 11 is 0. The number of hydrogen-bond acceptors (Lipinski definition) is 8. The van der Waals surface area contributed by atoms with E-state index in [9.17, 15) is 19.0 Å². The highest BCUT2D eigenvalue weighted by molar-refractivity contribution is 7.45. The molecular weight excluding hydrogens is 1040 g/mol. The van der Waals surface area contributed by atoms with E-state index in [-0.39, 0.29) is 26.1 Å². The lowest BCUT2D eigenvalue weighted by molar-refractivity contribution is -0.870. The topological polar surface area (TPSA) is 111 Å². The molecule has 0 aliphatic heterocycles. The number of likely N-dealkylation sites (N-methyl/N-ethyl adjacent to an activating group) is 1. The molecular formula is C72H118NO8P. The van der Waals surface area contributed by atoms with E-state index in [1.807, 2.05) is 21.1 Å². The lowest BCUT2D eigenvalue weighted by Crippen LogP contribution is -2.37. The number of ether oxygens (including phenoxy) is 2. The van der Waals surface area contributed by atoms with E-state index in [1.165, 1.54) is 57.8 Å². The Morgan fingerprint density at radius 2 is 0.659 bits per heavy atom. The molecule has 0 aromatic carbocycles. The van der Waals surface area contributed by atoms with Crippen molar-refractivity contribution in [2.75, 3.05) is 47.5 Å². The molecule has 9 nitrogen and oxygen atoms in total. The van der Waals surface area contributed by atoms with Crippen LogP contribution < -0.4 is 4.89 Å². The first-order valence-electron chi connectivity index (χ1n) is 32.2. The van der Waals surface area contributed by atoms with Crippen LogP contribution in [0, 0.1) is 0 Å². The quantitative estimate of drug-likeness (QED) is 0.0195. The van der Waals surface area contributed by atoms with Gasteiger partial charge in [0.25, 0.3) is 7.82 Å². The first-order valence-corrected chi connectivity index (χ1v) is 33.7. The normalized spacial score (nSPS) is 14.3. The van der Waals surface area contributed by atoms with Crippen LogP contribution in [0.15, 0.2) is 158 Å². The van der Waals surface area contributed by atoms with Gasteiger partial charge in [-0.1, -0.05) is 255 Å². The third-order valence-electron chi connectivity index (χ3n) is 13.0. The number of unbranched alkanes of at least 4 members (excludes halogenated alkanes) is 17. The van der Waals surface area contributed by atoms with Crippen molar-refractivity contribution in [1.82, 2.24) is 0 Å². The third kappa shape index (κ3) is 64.8. The molecule has 82 heavy (non-hydrogen) atoms. The van der Waals surface area contributed by atoms with Crippen LogP contribution in [0.25, 0.3) is 0 Å². The van der Waals surface area contributed by atoms with E-state index in [0.717, 1.165) is 135 Å². The monoisotopic (exact) mass is 1160 g/mol. The fourth-order valence-electron chi connectivity index (χ4n) is 8.17. The van der Waals surface area contributed by atoms with Crippen molar-refractivity contribution in [2.24, 2.45) is 0 Å². The van der Waals surface area contributed by atoms with Gasteiger partial charge >= 0.3 is 11.9 Å². The molecule has 464 valence electrons. The number of phosphoric acid groups is 1. The molecule has 0 aliphatic rings. The van der Waals surface area contributed by atoms with Crippen LogP contribution in [0.2, 0.25) is 0 Å². The zero-order chi connectivity index (χ0) is 59.8. The van der Waals surface area contributed by atoms with Gasteiger partial charge in [0.2, 0.25) is 0 Å². The summed E-state index contributed by atoms with van der Waals surface area (Å²) in [5, 5.41) is 0. The summed E-state index contributed by atoms with van der Waals surface area (Å²) in [6.45, 7) is 3.98. The van der Waals surface area contributed by atoms with Gasteiger partial charge in [0.05, 0.1) is 27.7 Å². The molecule has 0 aromatic rings. The van der Waals surface area contributed by atoms with Crippen LogP contribution >= 0.6 is 7.82 Å². The Kier molecular flexibility index (Phi) is 57.9. The molecule has 0 N–H and O–H groups in total. The summed E-state index contributed by atoms with van der Waals surface area (Å²) in [5.41, 5.74) is 0. The molecule has 0 heterocycles. The fourth-order valence-corrected chi connectivity index (χ4v) is 8.90. The predicted octanol–water partition coefficient (Wildman–Crippen LogP) is 20.2. The van der Waals surface area contributed by atoms with E-state index in [4.69, 9.17) is 18.5 Å². The average molecular weight is 1160 g/mol. The average Bonchev–Trinajstić information content (AvgIpc) is 3.46. The number of carbonyl (C=O) groups is 2. The van der Waals surface area contributed by atoms with Crippen LogP contribution in [-0.2, 0) is 32.7 Å². The minimum Gasteiger partial charge on any atom is -0.756 e. The molecule has 10 heteroatoms. The molecule has 0 amide bonds. The van der Waals surface area contributed by atoms with Gasteiger partial charge in [-0.2, -0.15) is 0 Å². The molecule has 2 unspecified atom stereocenters. The predicted molar refractivity (Wildman–Crippen MR) is 350 cm³/mol. The van der Waals surface area contributed by atoms with E-state index < -0.39 is 32.5 Å². The largest absolute Gasteiger partial charge is 0.756 e. The maximum absolute atomic E-state index is 12.8. The Morgan fingerprint density at radius 1 is 0.378 bits per heavy atom. The van der Waals surface area contributed by atoms with Gasteiger partial charge in [0.15, 0.2) is 6.10 Å². The van der Waals surface area contributed by atoms with E-state index in [1.54, 1.807) is 0 Å². The molecule has 0 aliphatic carbocycles. The summed E-state index contributed by atoms with van der Waals surface area (Å²) in [6, 6.07) is 0. The van der Waals surface area contributed by atoms with Crippen LogP contribution in [0.3, 0.4) is 0 Å². The Balaban J connectivity index is 4.20. The first kappa shape index (κ1) is 77.6. The van der Waals surface area contributed by atoms with E-state index in [2.05, 4.69) is 172 Å². The molecule has 0 saturated carbocycles. The Morgan fingerprint density at radius 3 is 0.976 bits per heavy atom. The number of rotatable bonds is 57. The van der Waals surface area contributed by atoms with Gasteiger partial charge in [0.1, 0.15) is 19.8 Å². The summed E-state index contributed by atoms with van der Waals surface area (Å²) in [4.78, 5) is 38.0. The molecule has 0 fully saturated rings. The van der Waals surface area contributed by atoms with Crippen molar-refractivity contribution in [2.45, 2.75) is 238 Å². The highest BCUT2D eigenvalue weighted by atomic mass is 31.2. The number of nitrogens with zero attached hydrogens (tertiary/aromatic N) is 1. The SMILES string of the molecule is CC/C=C\C/C=C\C/C=C\C/C=C\C/C=C\C/C=C\C/C=C\C/C=C\CCCCCCCCCCC(=O)OC(COC(=O)CCCCCCCCCCC/C=C\C/C=C\C/C=C\C/C=C\C/C=C\CC)COP(=O)([O-])OCC[N+](C)(C)C. The van der Waals surface area contributed by atoms with Gasteiger partial charge < -0.3 is 27.9 Å². The standard InChI is InChI=1S/C72H118NO8P/c1-6-8-10-12-14-16-18-20-22-24-26-28-30-32-33-34-35-36-37-38-39-41-43-45-47-49-51-53-55-57-59-61-63-65-72(75)81-70(69-80-82(76,77)79-67-66-73(3,4)5)68-78-71(74)64-62-60-58-56-54-52-50-48-46-44-42-40-31-29-27-25-23-21-19-17-15-13-11-9-7-2/h8-11,14-17,20-23,26-29,32-33,35-36,38-40,42-43,45,70H,6-7,12-13,18-19,24-25,30-31,34,37,41,44,46-69H2,1-5H3/b10-8-,11-9-,16-14-,17-15-,22-20-,23-21-,28-26-,29-27-,33-32-,36-35-,39-38-,42-40-,45-43-. The van der Waals surface area contributed by atoms with Crippen LogP contribution in [0.5, 0.6) is 0 Å². The number of carbonyl (C=O) groups excluding carboxylic acids is 2. The maximum Gasteiger partial charge on any atom is 0.306 e. The second-order valence-corrected chi connectivity index (χ2v) is 23.4. The van der Waals surface area contributed by atoms with Crippen LogP contribution in [0.4, 0.5) is 0 Å². The zero-order valence-electron chi connectivity index (χ0n) is 52.6. The number of hydrogen-bond donors (Lipinski definition) is 0. The molecule has 0 radical (unpaired) electrons. The van der Waals surface area contributed by atoms with Crippen molar-refractivity contribution in [3.63, 3.8) is 0 Å². The summed E-state index contributed by atoms with van der Waals surface area (Å²) in [5.74, 6) is -0.860. The van der Waals surface area contributed by atoms with Gasteiger partial charge in [-0.3, -0.25) is 14.2 Å². The summed E-state index contributed by atoms with van der Waals surface area (Å²) in [7, 11) is 1.13. The van der Waals surface area contributed by atoms with E-state index >= 15 is 0 Å². The molecule has 0 rings (SSSR count). The van der Waals surface area contributed by atoms with Gasteiger partial charge in [-0.25, -0.2) is 0 Å².